The Morgan fingerprint density at radius 3 is 1.51 bits per heavy atom. The first-order chi connectivity index (χ1) is 27.3. The van der Waals surface area contributed by atoms with Crippen molar-refractivity contribution in [3.63, 3.8) is 0 Å². The van der Waals surface area contributed by atoms with E-state index < -0.39 is 0 Å². The molecule has 10 rings (SSSR count). The Balaban J connectivity index is 1.12. The van der Waals surface area contributed by atoms with Crippen LogP contribution in [0.5, 0.6) is 0 Å². The predicted octanol–water partition coefficient (Wildman–Crippen LogP) is 12.4. The minimum absolute atomic E-state index is 0.667. The van der Waals surface area contributed by atoms with Crippen molar-refractivity contribution in [2.45, 2.75) is 0 Å². The average molecular weight is 704 g/mol. The molecule has 0 saturated carbocycles. The van der Waals surface area contributed by atoms with Crippen molar-refractivity contribution in [2.75, 3.05) is 0 Å². The predicted molar refractivity (Wildman–Crippen MR) is 225 cm³/mol. The molecule has 3 heterocycles. The van der Waals surface area contributed by atoms with Gasteiger partial charge >= 0.3 is 0 Å². The normalized spacial score (nSPS) is 11.3. The number of rotatable bonds is 7. The fraction of sp³-hybridized carbons (Fsp3) is 0. The maximum Gasteiger partial charge on any atom is 0.162 e. The van der Waals surface area contributed by atoms with Crippen LogP contribution in [0.4, 0.5) is 0 Å². The summed E-state index contributed by atoms with van der Waals surface area (Å²) >= 11 is 0. The SMILES string of the molecule is c1ccc(-c2cc(-c3cccc(-c4cccc(-c5nc(-c6ccccc6)c6c7ccccc7n(-c7ccccc7)c6n5)c4)c3)nc(-c3ccccc3)n2)cc1. The van der Waals surface area contributed by atoms with E-state index in [0.717, 1.165) is 83.6 Å². The Labute approximate surface area is 318 Å². The second-order valence-electron chi connectivity index (χ2n) is 13.5. The zero-order valence-corrected chi connectivity index (χ0v) is 29.8. The van der Waals surface area contributed by atoms with E-state index >= 15 is 0 Å². The highest BCUT2D eigenvalue weighted by molar-refractivity contribution is 6.14. The topological polar surface area (TPSA) is 56.5 Å². The van der Waals surface area contributed by atoms with Crippen LogP contribution < -0.4 is 0 Å². The van der Waals surface area contributed by atoms with Crippen LogP contribution in [-0.2, 0) is 0 Å². The quantitative estimate of drug-likeness (QED) is 0.166. The molecule has 0 radical (unpaired) electrons. The Bertz CT molecular complexity index is 2900. The fourth-order valence-corrected chi connectivity index (χ4v) is 7.39. The highest BCUT2D eigenvalue weighted by Gasteiger charge is 2.21. The Morgan fingerprint density at radius 2 is 0.818 bits per heavy atom. The van der Waals surface area contributed by atoms with Gasteiger partial charge in [0.1, 0.15) is 5.65 Å². The van der Waals surface area contributed by atoms with Crippen molar-refractivity contribution in [3.8, 4) is 73.4 Å². The van der Waals surface area contributed by atoms with Crippen LogP contribution in [0.1, 0.15) is 0 Å². The molecule has 258 valence electrons. The van der Waals surface area contributed by atoms with Gasteiger partial charge in [-0.1, -0.05) is 164 Å². The van der Waals surface area contributed by atoms with Crippen LogP contribution >= 0.6 is 0 Å². The summed E-state index contributed by atoms with van der Waals surface area (Å²) < 4.78 is 2.25. The Hall–Kier alpha value is -7.50. The summed E-state index contributed by atoms with van der Waals surface area (Å²) in [6, 6.07) is 69.0. The van der Waals surface area contributed by atoms with E-state index in [1.165, 1.54) is 0 Å². The molecule has 55 heavy (non-hydrogen) atoms. The first kappa shape index (κ1) is 32.2. The molecule has 10 aromatic rings. The van der Waals surface area contributed by atoms with Gasteiger partial charge in [0.2, 0.25) is 0 Å². The minimum Gasteiger partial charge on any atom is -0.294 e. The van der Waals surface area contributed by atoms with Gasteiger partial charge in [-0.15, -0.1) is 0 Å². The zero-order chi connectivity index (χ0) is 36.6. The number of hydrogen-bond donors (Lipinski definition) is 0. The summed E-state index contributed by atoms with van der Waals surface area (Å²) in [4.78, 5) is 20.8. The smallest absolute Gasteiger partial charge is 0.162 e. The molecule has 7 aromatic carbocycles. The number of hydrogen-bond acceptors (Lipinski definition) is 4. The largest absolute Gasteiger partial charge is 0.294 e. The van der Waals surface area contributed by atoms with Gasteiger partial charge in [-0.2, -0.15) is 0 Å². The molecule has 0 amide bonds. The van der Waals surface area contributed by atoms with E-state index in [4.69, 9.17) is 19.9 Å². The summed E-state index contributed by atoms with van der Waals surface area (Å²) in [5, 5.41) is 2.15. The second-order valence-corrected chi connectivity index (χ2v) is 13.5. The third kappa shape index (κ3) is 6.04. The molecule has 0 saturated heterocycles. The van der Waals surface area contributed by atoms with Crippen molar-refractivity contribution >= 4 is 21.9 Å². The third-order valence-corrected chi connectivity index (χ3v) is 10.0. The van der Waals surface area contributed by atoms with Crippen molar-refractivity contribution in [2.24, 2.45) is 0 Å². The summed E-state index contributed by atoms with van der Waals surface area (Å²) in [6.07, 6.45) is 0. The van der Waals surface area contributed by atoms with Gasteiger partial charge in [0, 0.05) is 38.9 Å². The third-order valence-electron chi connectivity index (χ3n) is 10.0. The molecule has 0 spiro atoms. The van der Waals surface area contributed by atoms with Crippen LogP contribution in [0.3, 0.4) is 0 Å². The van der Waals surface area contributed by atoms with Gasteiger partial charge < -0.3 is 0 Å². The van der Waals surface area contributed by atoms with Crippen molar-refractivity contribution in [1.29, 1.82) is 0 Å². The average Bonchev–Trinajstić information content (AvgIpc) is 3.61. The molecule has 0 aliphatic heterocycles. The lowest BCUT2D eigenvalue weighted by Gasteiger charge is -2.12. The van der Waals surface area contributed by atoms with E-state index in [-0.39, 0.29) is 0 Å². The zero-order valence-electron chi connectivity index (χ0n) is 29.8. The molecule has 0 N–H and O–H groups in total. The number of nitrogens with zero attached hydrogens (tertiary/aromatic N) is 5. The highest BCUT2D eigenvalue weighted by Crippen LogP contribution is 2.39. The molecule has 0 atom stereocenters. The van der Waals surface area contributed by atoms with E-state index in [1.54, 1.807) is 0 Å². The maximum atomic E-state index is 5.36. The lowest BCUT2D eigenvalue weighted by Crippen LogP contribution is -1.99. The molecule has 0 fully saturated rings. The first-order valence-corrected chi connectivity index (χ1v) is 18.4. The molecule has 0 unspecified atom stereocenters. The van der Waals surface area contributed by atoms with Gasteiger partial charge in [-0.25, -0.2) is 19.9 Å². The lowest BCUT2D eigenvalue weighted by molar-refractivity contribution is 1.11. The van der Waals surface area contributed by atoms with Crippen LogP contribution in [0.15, 0.2) is 200 Å². The van der Waals surface area contributed by atoms with Crippen LogP contribution in [0.2, 0.25) is 0 Å². The van der Waals surface area contributed by atoms with Gasteiger partial charge in [-0.05, 0) is 47.5 Å². The first-order valence-electron chi connectivity index (χ1n) is 18.4. The van der Waals surface area contributed by atoms with Crippen molar-refractivity contribution in [1.82, 2.24) is 24.5 Å². The number of fused-ring (bicyclic) bond motifs is 3. The minimum atomic E-state index is 0.667. The van der Waals surface area contributed by atoms with E-state index in [9.17, 15) is 0 Å². The summed E-state index contributed by atoms with van der Waals surface area (Å²) in [7, 11) is 0. The van der Waals surface area contributed by atoms with E-state index in [2.05, 4.69) is 156 Å². The van der Waals surface area contributed by atoms with Gasteiger partial charge in [0.05, 0.1) is 28.0 Å². The molecule has 0 aliphatic rings. The van der Waals surface area contributed by atoms with Crippen LogP contribution in [-0.4, -0.2) is 24.5 Å². The van der Waals surface area contributed by atoms with Crippen LogP contribution in [0.25, 0.3) is 95.3 Å². The number of benzene rings is 7. The van der Waals surface area contributed by atoms with Crippen LogP contribution in [0, 0.1) is 0 Å². The maximum absolute atomic E-state index is 5.36. The fourth-order valence-electron chi connectivity index (χ4n) is 7.39. The van der Waals surface area contributed by atoms with Gasteiger partial charge in [0.15, 0.2) is 11.6 Å². The number of para-hydroxylation sites is 2. The highest BCUT2D eigenvalue weighted by atomic mass is 15.1. The monoisotopic (exact) mass is 703 g/mol. The molecule has 5 heteroatoms. The Kier molecular flexibility index (Phi) is 8.08. The summed E-state index contributed by atoms with van der Waals surface area (Å²) in [5.41, 5.74) is 12.8. The lowest BCUT2D eigenvalue weighted by atomic mass is 9.99. The summed E-state index contributed by atoms with van der Waals surface area (Å²) in [6.45, 7) is 0. The van der Waals surface area contributed by atoms with Crippen molar-refractivity contribution in [3.05, 3.63) is 200 Å². The Morgan fingerprint density at radius 1 is 0.327 bits per heavy atom. The molecular weight excluding hydrogens is 671 g/mol. The molecule has 0 bridgehead atoms. The standard InChI is InChI=1S/C50H33N5/c1-5-17-34(18-6-1)43-33-44(52-48(51-43)36-21-9-3-10-22-36)39-25-15-23-37(31-39)38-24-16-26-40(32-38)49-53-47(35-19-7-2-8-20-35)46-42-29-13-14-30-45(42)55(50(46)54-49)41-27-11-4-12-28-41/h1-33H. The van der Waals surface area contributed by atoms with Crippen molar-refractivity contribution < 1.29 is 0 Å². The molecule has 5 nitrogen and oxygen atoms in total. The second kappa shape index (κ2) is 13.8. The van der Waals surface area contributed by atoms with E-state index in [1.807, 2.05) is 48.5 Å². The van der Waals surface area contributed by atoms with E-state index in [0.29, 0.717) is 11.6 Å². The van der Waals surface area contributed by atoms with Gasteiger partial charge in [0.25, 0.3) is 0 Å². The molecule has 3 aromatic heterocycles. The number of aromatic nitrogens is 5. The molecular formula is C50H33N5. The molecule has 0 aliphatic carbocycles. The summed E-state index contributed by atoms with van der Waals surface area (Å²) in [5.74, 6) is 1.36. The van der Waals surface area contributed by atoms with Gasteiger partial charge in [-0.3, -0.25) is 4.57 Å².